The molecule has 0 amide bonds. The van der Waals surface area contributed by atoms with Crippen LogP contribution in [0.2, 0.25) is 0 Å². The van der Waals surface area contributed by atoms with Crippen LogP contribution in [0, 0.1) is 6.92 Å². The Labute approximate surface area is 157 Å². The summed E-state index contributed by atoms with van der Waals surface area (Å²) < 4.78 is 32.9. The summed E-state index contributed by atoms with van der Waals surface area (Å²) in [5.74, 6) is 0.330. The molecule has 0 bridgehead atoms. The number of aryl methyl sites for hydroxylation is 1. The van der Waals surface area contributed by atoms with E-state index in [0.717, 1.165) is 21.8 Å². The van der Waals surface area contributed by atoms with Crippen LogP contribution in [-0.2, 0) is 16.4 Å². The lowest BCUT2D eigenvalue weighted by Gasteiger charge is -2.11. The molecule has 0 saturated heterocycles. The Morgan fingerprint density at radius 3 is 2.85 bits per heavy atom. The highest BCUT2D eigenvalue weighted by atomic mass is 32.2. The minimum atomic E-state index is -3.65. The third-order valence-electron chi connectivity index (χ3n) is 3.75. The van der Waals surface area contributed by atoms with Crippen molar-refractivity contribution in [3.63, 3.8) is 0 Å². The number of rotatable bonds is 7. The fourth-order valence-corrected chi connectivity index (χ4v) is 4.53. The normalized spacial score (nSPS) is 11.5. The SMILES string of the molecule is COc1ccc(C)cc1S(=O)(=O)NCCc1nc(-c2cccnc2)cs1. The van der Waals surface area contributed by atoms with Gasteiger partial charge < -0.3 is 4.74 Å². The lowest BCUT2D eigenvalue weighted by atomic mass is 10.2. The molecule has 0 aliphatic rings. The third-order valence-corrected chi connectivity index (χ3v) is 6.14. The molecule has 6 nitrogen and oxygen atoms in total. The van der Waals surface area contributed by atoms with Crippen LogP contribution in [-0.4, -0.2) is 32.0 Å². The van der Waals surface area contributed by atoms with Gasteiger partial charge in [0.15, 0.2) is 0 Å². The van der Waals surface area contributed by atoms with Crippen LogP contribution in [0.25, 0.3) is 11.3 Å². The molecular formula is C18H19N3O3S2. The first-order valence-electron chi connectivity index (χ1n) is 7.99. The fraction of sp³-hybridized carbons (Fsp3) is 0.222. The average molecular weight is 390 g/mol. The Bertz CT molecular complexity index is 986. The predicted molar refractivity (Wildman–Crippen MR) is 102 cm³/mol. The van der Waals surface area contributed by atoms with Gasteiger partial charge in [-0.15, -0.1) is 11.3 Å². The maximum Gasteiger partial charge on any atom is 0.244 e. The van der Waals surface area contributed by atoms with Crippen molar-refractivity contribution in [2.75, 3.05) is 13.7 Å². The van der Waals surface area contributed by atoms with E-state index in [0.29, 0.717) is 12.2 Å². The number of nitrogens with one attached hydrogen (secondary N) is 1. The van der Waals surface area contributed by atoms with Crippen LogP contribution in [0.3, 0.4) is 0 Å². The lowest BCUT2D eigenvalue weighted by molar-refractivity contribution is 0.402. The fourth-order valence-electron chi connectivity index (χ4n) is 2.44. The topological polar surface area (TPSA) is 81.2 Å². The van der Waals surface area contributed by atoms with Crippen molar-refractivity contribution in [2.24, 2.45) is 0 Å². The van der Waals surface area contributed by atoms with Crippen LogP contribution < -0.4 is 9.46 Å². The average Bonchev–Trinajstić information content (AvgIpc) is 3.11. The summed E-state index contributed by atoms with van der Waals surface area (Å²) in [5, 5.41) is 2.81. The highest BCUT2D eigenvalue weighted by Crippen LogP contribution is 2.25. The van der Waals surface area contributed by atoms with E-state index in [9.17, 15) is 8.42 Å². The molecule has 1 N–H and O–H groups in total. The van der Waals surface area contributed by atoms with Crippen molar-refractivity contribution in [2.45, 2.75) is 18.2 Å². The number of methoxy groups -OCH3 is 1. The van der Waals surface area contributed by atoms with Crippen LogP contribution in [0.4, 0.5) is 0 Å². The maximum atomic E-state index is 12.6. The minimum Gasteiger partial charge on any atom is -0.495 e. The number of pyridine rings is 1. The van der Waals surface area contributed by atoms with E-state index in [4.69, 9.17) is 4.74 Å². The summed E-state index contributed by atoms with van der Waals surface area (Å²) in [7, 11) is -2.19. The smallest absolute Gasteiger partial charge is 0.244 e. The molecule has 0 radical (unpaired) electrons. The van der Waals surface area contributed by atoms with E-state index >= 15 is 0 Å². The third kappa shape index (κ3) is 4.27. The summed E-state index contributed by atoms with van der Waals surface area (Å²) in [6, 6.07) is 8.87. The first kappa shape index (κ1) is 18.5. The highest BCUT2D eigenvalue weighted by Gasteiger charge is 2.19. The minimum absolute atomic E-state index is 0.148. The van der Waals surface area contributed by atoms with Crippen molar-refractivity contribution < 1.29 is 13.2 Å². The van der Waals surface area contributed by atoms with Gasteiger partial charge in [0.25, 0.3) is 0 Å². The van der Waals surface area contributed by atoms with Crippen LogP contribution in [0.15, 0.2) is 53.0 Å². The molecule has 1 aromatic carbocycles. The largest absolute Gasteiger partial charge is 0.495 e. The van der Waals surface area contributed by atoms with Gasteiger partial charge in [-0.1, -0.05) is 6.07 Å². The molecule has 26 heavy (non-hydrogen) atoms. The summed E-state index contributed by atoms with van der Waals surface area (Å²) in [5.41, 5.74) is 2.65. The maximum absolute atomic E-state index is 12.6. The van der Waals surface area contributed by atoms with Gasteiger partial charge in [0.05, 0.1) is 17.8 Å². The number of aromatic nitrogens is 2. The zero-order chi connectivity index (χ0) is 18.6. The Kier molecular flexibility index (Phi) is 5.65. The summed E-state index contributed by atoms with van der Waals surface area (Å²) in [6.45, 7) is 2.10. The number of ether oxygens (including phenoxy) is 1. The van der Waals surface area contributed by atoms with E-state index in [1.54, 1.807) is 24.5 Å². The zero-order valence-corrected chi connectivity index (χ0v) is 16.1. The number of hydrogen-bond acceptors (Lipinski definition) is 6. The molecule has 3 aromatic rings. The van der Waals surface area contributed by atoms with Crippen molar-refractivity contribution >= 4 is 21.4 Å². The quantitative estimate of drug-likeness (QED) is 0.672. The van der Waals surface area contributed by atoms with Crippen molar-refractivity contribution in [1.29, 1.82) is 0 Å². The Balaban J connectivity index is 1.66. The second-order valence-corrected chi connectivity index (χ2v) is 8.35. The summed E-state index contributed by atoms with van der Waals surface area (Å²) in [6.07, 6.45) is 3.98. The van der Waals surface area contributed by atoms with Gasteiger partial charge in [-0.3, -0.25) is 4.98 Å². The molecule has 0 atom stereocenters. The van der Waals surface area contributed by atoms with E-state index in [1.807, 2.05) is 30.5 Å². The van der Waals surface area contributed by atoms with E-state index in [-0.39, 0.29) is 11.4 Å². The standard InChI is InChI=1S/C18H19N3O3S2/c1-13-5-6-16(24-2)17(10-13)26(22,23)20-9-7-18-21-15(12-25-18)14-4-3-8-19-11-14/h3-6,8,10-12,20H,7,9H2,1-2H3. The Hall–Kier alpha value is -2.29. The molecule has 2 heterocycles. The molecule has 0 aliphatic heterocycles. The number of nitrogens with zero attached hydrogens (tertiary/aromatic N) is 2. The van der Waals surface area contributed by atoms with Gasteiger partial charge in [-0.05, 0) is 36.8 Å². The van der Waals surface area contributed by atoms with E-state index < -0.39 is 10.0 Å². The van der Waals surface area contributed by atoms with Crippen LogP contribution in [0.1, 0.15) is 10.6 Å². The predicted octanol–water partition coefficient (Wildman–Crippen LogP) is 3.04. The van der Waals surface area contributed by atoms with Crippen LogP contribution in [0.5, 0.6) is 5.75 Å². The molecule has 8 heteroatoms. The molecule has 3 rings (SSSR count). The molecule has 0 spiro atoms. The van der Waals surface area contributed by atoms with Crippen molar-refractivity contribution in [3.05, 3.63) is 58.7 Å². The van der Waals surface area contributed by atoms with Gasteiger partial charge in [-0.2, -0.15) is 0 Å². The first-order valence-corrected chi connectivity index (χ1v) is 10.3. The number of thiazole rings is 1. The van der Waals surface area contributed by atoms with Crippen molar-refractivity contribution in [3.8, 4) is 17.0 Å². The zero-order valence-electron chi connectivity index (χ0n) is 14.5. The molecule has 0 aliphatic carbocycles. The van der Waals surface area contributed by atoms with Crippen LogP contribution >= 0.6 is 11.3 Å². The number of sulfonamides is 1. The Morgan fingerprint density at radius 2 is 2.12 bits per heavy atom. The van der Waals surface area contributed by atoms with E-state index in [2.05, 4.69) is 14.7 Å². The molecule has 0 fully saturated rings. The van der Waals surface area contributed by atoms with E-state index in [1.165, 1.54) is 18.4 Å². The second kappa shape index (κ2) is 7.94. The highest BCUT2D eigenvalue weighted by molar-refractivity contribution is 7.89. The van der Waals surface area contributed by atoms with Gasteiger partial charge in [-0.25, -0.2) is 18.1 Å². The van der Waals surface area contributed by atoms with Crippen molar-refractivity contribution in [1.82, 2.24) is 14.7 Å². The summed E-state index contributed by atoms with van der Waals surface area (Å²) >= 11 is 1.50. The van der Waals surface area contributed by atoms with Gasteiger partial charge in [0.1, 0.15) is 10.6 Å². The van der Waals surface area contributed by atoms with Gasteiger partial charge >= 0.3 is 0 Å². The second-order valence-electron chi connectivity index (χ2n) is 5.67. The Morgan fingerprint density at radius 1 is 1.27 bits per heavy atom. The molecular weight excluding hydrogens is 370 g/mol. The number of hydrogen-bond donors (Lipinski definition) is 1. The molecule has 136 valence electrons. The number of benzene rings is 1. The first-order chi connectivity index (χ1) is 12.5. The molecule has 0 saturated carbocycles. The monoisotopic (exact) mass is 389 g/mol. The molecule has 0 unspecified atom stereocenters. The molecule has 2 aromatic heterocycles. The lowest BCUT2D eigenvalue weighted by Crippen LogP contribution is -2.26. The van der Waals surface area contributed by atoms with Gasteiger partial charge in [0, 0.05) is 36.3 Å². The van der Waals surface area contributed by atoms with Gasteiger partial charge in [0.2, 0.25) is 10.0 Å². The summed E-state index contributed by atoms with van der Waals surface area (Å²) in [4.78, 5) is 8.77.